The Bertz CT molecular complexity index is 449. The van der Waals surface area contributed by atoms with Crippen LogP contribution in [0.15, 0.2) is 30.1 Å². The Balaban J connectivity index is 1.75. The lowest BCUT2D eigenvalue weighted by Crippen LogP contribution is -2.30. The first kappa shape index (κ1) is 11.7. The van der Waals surface area contributed by atoms with Crippen LogP contribution in [0.1, 0.15) is 31.7 Å². The quantitative estimate of drug-likeness (QED) is 0.824. The number of nitrogens with zero attached hydrogens (tertiary/aromatic N) is 2. The normalized spacial score (nSPS) is 19.8. The van der Waals surface area contributed by atoms with Crippen molar-refractivity contribution >= 4 is 5.69 Å². The molecule has 3 rings (SSSR count). The molecule has 1 aliphatic heterocycles. The van der Waals surface area contributed by atoms with Crippen molar-refractivity contribution in [3.8, 4) is 0 Å². The SMILES string of the molecule is CC1=CCCN(c2cnccc2CNC2CC2)C1. The molecule has 0 unspecified atom stereocenters. The van der Waals surface area contributed by atoms with Crippen LogP contribution in [-0.2, 0) is 6.54 Å². The minimum atomic E-state index is 0.758. The Morgan fingerprint density at radius 3 is 3.11 bits per heavy atom. The van der Waals surface area contributed by atoms with E-state index in [4.69, 9.17) is 0 Å². The van der Waals surface area contributed by atoms with Crippen molar-refractivity contribution in [1.82, 2.24) is 10.3 Å². The third-order valence-corrected chi connectivity index (χ3v) is 3.72. The van der Waals surface area contributed by atoms with Gasteiger partial charge < -0.3 is 10.2 Å². The maximum absolute atomic E-state index is 4.30. The second-order valence-corrected chi connectivity index (χ2v) is 5.42. The van der Waals surface area contributed by atoms with Crippen LogP contribution in [0.2, 0.25) is 0 Å². The minimum absolute atomic E-state index is 0.758. The van der Waals surface area contributed by atoms with E-state index in [1.807, 2.05) is 12.4 Å². The van der Waals surface area contributed by atoms with E-state index in [2.05, 4.69) is 34.3 Å². The van der Waals surface area contributed by atoms with Crippen molar-refractivity contribution in [2.75, 3.05) is 18.0 Å². The molecular formula is C15H21N3. The summed E-state index contributed by atoms with van der Waals surface area (Å²) in [5.74, 6) is 0. The average Bonchev–Trinajstić information content (AvgIpc) is 3.21. The van der Waals surface area contributed by atoms with Gasteiger partial charge in [-0.2, -0.15) is 0 Å². The lowest BCUT2D eigenvalue weighted by Gasteiger charge is -2.29. The molecule has 1 fully saturated rings. The van der Waals surface area contributed by atoms with E-state index in [9.17, 15) is 0 Å². The predicted molar refractivity (Wildman–Crippen MR) is 74.7 cm³/mol. The Hall–Kier alpha value is -1.35. The molecule has 0 atom stereocenters. The largest absolute Gasteiger partial charge is 0.366 e. The number of nitrogens with one attached hydrogen (secondary N) is 1. The first-order chi connectivity index (χ1) is 8.83. The number of pyridine rings is 1. The Morgan fingerprint density at radius 1 is 1.44 bits per heavy atom. The maximum Gasteiger partial charge on any atom is 0.0601 e. The third-order valence-electron chi connectivity index (χ3n) is 3.72. The van der Waals surface area contributed by atoms with E-state index >= 15 is 0 Å². The van der Waals surface area contributed by atoms with E-state index in [1.165, 1.54) is 29.7 Å². The molecule has 0 bridgehead atoms. The molecule has 96 valence electrons. The molecule has 0 radical (unpaired) electrons. The smallest absolute Gasteiger partial charge is 0.0601 e. The van der Waals surface area contributed by atoms with Gasteiger partial charge in [-0.15, -0.1) is 0 Å². The Kier molecular flexibility index (Phi) is 3.33. The van der Waals surface area contributed by atoms with Crippen LogP contribution < -0.4 is 10.2 Å². The Labute approximate surface area is 109 Å². The zero-order valence-corrected chi connectivity index (χ0v) is 11.0. The molecular weight excluding hydrogens is 222 g/mol. The molecule has 1 N–H and O–H groups in total. The second-order valence-electron chi connectivity index (χ2n) is 5.42. The molecule has 1 saturated carbocycles. The standard InChI is InChI=1S/C15H21N3/c1-12-3-2-8-18(11-12)15-10-16-7-6-13(15)9-17-14-4-5-14/h3,6-7,10,14,17H,2,4-5,8-9,11H2,1H3. The summed E-state index contributed by atoms with van der Waals surface area (Å²) in [6, 6.07) is 2.91. The molecule has 0 amide bonds. The summed E-state index contributed by atoms with van der Waals surface area (Å²) in [7, 11) is 0. The molecule has 18 heavy (non-hydrogen) atoms. The van der Waals surface area contributed by atoms with Gasteiger partial charge in [-0.3, -0.25) is 4.98 Å². The first-order valence-electron chi connectivity index (χ1n) is 6.90. The predicted octanol–water partition coefficient (Wildman–Crippen LogP) is 2.49. The van der Waals surface area contributed by atoms with Gasteiger partial charge in [0.05, 0.1) is 11.9 Å². The van der Waals surface area contributed by atoms with E-state index in [0.29, 0.717) is 0 Å². The van der Waals surface area contributed by atoms with E-state index in [1.54, 1.807) is 0 Å². The molecule has 3 nitrogen and oxygen atoms in total. The van der Waals surface area contributed by atoms with Gasteiger partial charge in [-0.1, -0.05) is 11.6 Å². The molecule has 1 aromatic heterocycles. The van der Waals surface area contributed by atoms with Crippen molar-refractivity contribution < 1.29 is 0 Å². The van der Waals surface area contributed by atoms with Gasteiger partial charge in [0.1, 0.15) is 0 Å². The van der Waals surface area contributed by atoms with Gasteiger partial charge >= 0.3 is 0 Å². The number of hydrogen-bond acceptors (Lipinski definition) is 3. The summed E-state index contributed by atoms with van der Waals surface area (Å²) in [5.41, 5.74) is 4.15. The van der Waals surface area contributed by atoms with Gasteiger partial charge in [-0.25, -0.2) is 0 Å². The molecule has 1 aromatic rings. The highest BCUT2D eigenvalue weighted by Gasteiger charge is 2.21. The van der Waals surface area contributed by atoms with Gasteiger partial charge in [-0.05, 0) is 37.8 Å². The lowest BCUT2D eigenvalue weighted by atomic mass is 10.1. The van der Waals surface area contributed by atoms with Crippen LogP contribution >= 0.6 is 0 Å². The number of rotatable bonds is 4. The highest BCUT2D eigenvalue weighted by atomic mass is 15.1. The topological polar surface area (TPSA) is 28.2 Å². The van der Waals surface area contributed by atoms with Crippen molar-refractivity contribution in [3.05, 3.63) is 35.7 Å². The summed E-state index contributed by atoms with van der Waals surface area (Å²) < 4.78 is 0. The van der Waals surface area contributed by atoms with Crippen LogP contribution in [0.5, 0.6) is 0 Å². The average molecular weight is 243 g/mol. The summed E-state index contributed by atoms with van der Waals surface area (Å²) >= 11 is 0. The van der Waals surface area contributed by atoms with Crippen LogP contribution in [0, 0.1) is 0 Å². The summed E-state index contributed by atoms with van der Waals surface area (Å²) in [5, 5.41) is 3.59. The van der Waals surface area contributed by atoms with Gasteiger partial charge in [0, 0.05) is 31.9 Å². The van der Waals surface area contributed by atoms with Gasteiger partial charge in [0.25, 0.3) is 0 Å². The van der Waals surface area contributed by atoms with Crippen molar-refractivity contribution in [2.24, 2.45) is 0 Å². The van der Waals surface area contributed by atoms with E-state index in [-0.39, 0.29) is 0 Å². The maximum atomic E-state index is 4.30. The second kappa shape index (κ2) is 5.11. The fraction of sp³-hybridized carbons (Fsp3) is 0.533. The van der Waals surface area contributed by atoms with Crippen LogP contribution in [-0.4, -0.2) is 24.1 Å². The fourth-order valence-electron chi connectivity index (χ4n) is 2.51. The minimum Gasteiger partial charge on any atom is -0.366 e. The zero-order valence-electron chi connectivity index (χ0n) is 11.0. The number of anilines is 1. The monoisotopic (exact) mass is 243 g/mol. The lowest BCUT2D eigenvalue weighted by molar-refractivity contribution is 0.681. The van der Waals surface area contributed by atoms with Crippen LogP contribution in [0.25, 0.3) is 0 Å². The van der Waals surface area contributed by atoms with Gasteiger partial charge in [0.15, 0.2) is 0 Å². The fourth-order valence-corrected chi connectivity index (χ4v) is 2.51. The molecule has 0 aromatic carbocycles. The van der Waals surface area contributed by atoms with Crippen molar-refractivity contribution in [1.29, 1.82) is 0 Å². The summed E-state index contributed by atoms with van der Waals surface area (Å²) in [6.07, 6.45) is 10.1. The molecule has 0 saturated heterocycles. The molecule has 2 aliphatic rings. The number of hydrogen-bond donors (Lipinski definition) is 1. The molecule has 1 aliphatic carbocycles. The third kappa shape index (κ3) is 2.72. The van der Waals surface area contributed by atoms with E-state index < -0.39 is 0 Å². The molecule has 3 heteroatoms. The van der Waals surface area contributed by atoms with E-state index in [0.717, 1.165) is 32.1 Å². The van der Waals surface area contributed by atoms with Crippen molar-refractivity contribution in [2.45, 2.75) is 38.8 Å². The molecule has 2 heterocycles. The van der Waals surface area contributed by atoms with Crippen LogP contribution in [0.4, 0.5) is 5.69 Å². The molecule has 0 spiro atoms. The highest BCUT2D eigenvalue weighted by molar-refractivity contribution is 5.53. The Morgan fingerprint density at radius 2 is 2.33 bits per heavy atom. The number of aromatic nitrogens is 1. The highest BCUT2D eigenvalue weighted by Crippen LogP contribution is 2.25. The zero-order chi connectivity index (χ0) is 12.4. The van der Waals surface area contributed by atoms with Crippen molar-refractivity contribution in [3.63, 3.8) is 0 Å². The van der Waals surface area contributed by atoms with Crippen LogP contribution in [0.3, 0.4) is 0 Å². The first-order valence-corrected chi connectivity index (χ1v) is 6.90. The summed E-state index contributed by atoms with van der Waals surface area (Å²) in [4.78, 5) is 6.75. The summed E-state index contributed by atoms with van der Waals surface area (Å²) in [6.45, 7) is 5.34. The van der Waals surface area contributed by atoms with Gasteiger partial charge in [0.2, 0.25) is 0 Å².